The minimum absolute atomic E-state index is 0.426. The third-order valence-electron chi connectivity index (χ3n) is 13.4. The van der Waals surface area contributed by atoms with Gasteiger partial charge in [-0.25, -0.2) is 0 Å². The Hall–Kier alpha value is -4.32. The number of hydrogen-bond acceptors (Lipinski definition) is 14. The summed E-state index contributed by atoms with van der Waals surface area (Å²) in [6, 6.07) is 22.7. The van der Waals surface area contributed by atoms with Crippen LogP contribution in [0, 0.1) is 0 Å². The number of benzene rings is 4. The van der Waals surface area contributed by atoms with Crippen molar-refractivity contribution in [3.05, 3.63) is 116 Å². The summed E-state index contributed by atoms with van der Waals surface area (Å²) >= 11 is 0. The fourth-order valence-electron chi connectivity index (χ4n) is 10.0. The highest BCUT2D eigenvalue weighted by Gasteiger charge is 2.25. The van der Waals surface area contributed by atoms with E-state index in [1.54, 1.807) is 0 Å². The van der Waals surface area contributed by atoms with E-state index in [1.165, 1.54) is 11.1 Å². The first kappa shape index (κ1) is 55.4. The molecule has 0 aromatic heterocycles. The highest BCUT2D eigenvalue weighted by Crippen LogP contribution is 2.40. The molecule has 72 heavy (non-hydrogen) atoms. The van der Waals surface area contributed by atoms with Crippen LogP contribution in [0.1, 0.15) is 83.3 Å². The molecule has 7 rings (SSSR count). The van der Waals surface area contributed by atoms with Crippen LogP contribution in [0.4, 0.5) is 0 Å². The van der Waals surface area contributed by atoms with Crippen molar-refractivity contribution in [2.45, 2.75) is 66.5 Å². The molecule has 4 N–H and O–H groups in total. The third-order valence-corrected chi connectivity index (χ3v) is 13.4. The van der Waals surface area contributed by atoms with E-state index in [0.29, 0.717) is 105 Å². The van der Waals surface area contributed by atoms with E-state index in [2.05, 4.69) is 91.7 Å². The van der Waals surface area contributed by atoms with Crippen LogP contribution in [0.25, 0.3) is 0 Å². The van der Waals surface area contributed by atoms with Crippen LogP contribution in [0.2, 0.25) is 0 Å². The zero-order chi connectivity index (χ0) is 50.0. The molecule has 1 aliphatic carbocycles. The van der Waals surface area contributed by atoms with Crippen molar-refractivity contribution in [1.29, 1.82) is 0 Å². The Bertz CT molecular complexity index is 2040. The Balaban J connectivity index is 1.45. The molecule has 396 valence electrons. The predicted octanol–water partition coefficient (Wildman–Crippen LogP) is 6.01. The van der Waals surface area contributed by atoms with Gasteiger partial charge in [-0.15, -0.1) is 0 Å². The normalized spacial score (nSPS) is 16.4. The summed E-state index contributed by atoms with van der Waals surface area (Å²) in [5.41, 5.74) is 11.4. The van der Waals surface area contributed by atoms with Crippen LogP contribution in [0.15, 0.2) is 60.7 Å². The quantitative estimate of drug-likeness (QED) is 0.0539. The van der Waals surface area contributed by atoms with Crippen molar-refractivity contribution in [3.63, 3.8) is 0 Å². The molecule has 0 unspecified atom stereocenters. The van der Waals surface area contributed by atoms with Crippen LogP contribution < -0.4 is 40.2 Å². The SMILES string of the molecule is CCOCCOc1c2cccc1Cc1cc(CN3CCNCCNCC3)cc(c1OCCOCC)Cc1cc(CN3CCNCCNCC3)cc(c1OCCOCC)Cc1cccc(c1OCCOCC)C2. The maximum absolute atomic E-state index is 7.03. The molecule has 14 heteroatoms. The average Bonchev–Trinajstić information content (AvgIpc) is 3.60. The summed E-state index contributed by atoms with van der Waals surface area (Å²) in [6.07, 6.45) is 2.40. The van der Waals surface area contributed by atoms with Gasteiger partial charge in [-0.3, -0.25) is 9.80 Å². The molecular weight excluding hydrogens is 909 g/mol. The molecule has 0 radical (unpaired) electrons. The number of fused-ring (bicyclic) bond motifs is 8. The second-order valence-corrected chi connectivity index (χ2v) is 18.7. The third kappa shape index (κ3) is 17.4. The first-order valence-electron chi connectivity index (χ1n) is 27.2. The molecule has 0 saturated carbocycles. The lowest BCUT2D eigenvalue weighted by molar-refractivity contribution is 0.108. The standard InChI is InChI=1S/C58H86N6O8/c1-5-65-27-31-69-55-47-11-9-13-49(55)40-51-35-45(43-63-23-19-59-15-16-60-20-24-63)37-53(57(51)71-33-29-67-7-3)42-54-38-46(44-64-25-21-61-17-18-62-22-26-64)36-52(58(54)72-34-30-68-8-4)41-50-14-10-12-48(39-47)56(50)70-32-28-66-6-2/h9-14,35-38,59-62H,5-8,15-34,39-44H2,1-4H3. The highest BCUT2D eigenvalue weighted by atomic mass is 16.5. The number of hydrogen-bond donors (Lipinski definition) is 4. The van der Waals surface area contributed by atoms with E-state index in [0.717, 1.165) is 159 Å². The van der Waals surface area contributed by atoms with E-state index in [-0.39, 0.29) is 0 Å². The Labute approximate surface area is 431 Å². The van der Waals surface area contributed by atoms with Gasteiger partial charge in [0.1, 0.15) is 49.4 Å². The molecule has 2 fully saturated rings. The molecule has 4 aromatic rings. The molecule has 2 heterocycles. The van der Waals surface area contributed by atoms with E-state index >= 15 is 0 Å². The largest absolute Gasteiger partial charge is 0.491 e. The van der Waals surface area contributed by atoms with Gasteiger partial charge in [-0.1, -0.05) is 60.7 Å². The zero-order valence-corrected chi connectivity index (χ0v) is 44.1. The average molecular weight is 995 g/mol. The van der Waals surface area contributed by atoms with E-state index in [4.69, 9.17) is 37.9 Å². The molecule has 2 saturated heterocycles. The van der Waals surface area contributed by atoms with Gasteiger partial charge in [0.05, 0.1) is 26.4 Å². The minimum Gasteiger partial charge on any atom is -0.491 e. The fourth-order valence-corrected chi connectivity index (χ4v) is 10.0. The Morgan fingerprint density at radius 1 is 0.347 bits per heavy atom. The maximum Gasteiger partial charge on any atom is 0.126 e. The van der Waals surface area contributed by atoms with Gasteiger partial charge in [0, 0.05) is 144 Å². The van der Waals surface area contributed by atoms with Gasteiger partial charge >= 0.3 is 0 Å². The summed E-state index contributed by atoms with van der Waals surface area (Å²) in [5.74, 6) is 3.54. The monoisotopic (exact) mass is 995 g/mol. The Kier molecular flexibility index (Phi) is 24.2. The van der Waals surface area contributed by atoms with Crippen molar-refractivity contribution >= 4 is 0 Å². The molecule has 3 aliphatic rings. The van der Waals surface area contributed by atoms with E-state index in [1.807, 2.05) is 27.7 Å². The summed E-state index contributed by atoms with van der Waals surface area (Å²) in [5, 5.41) is 14.5. The van der Waals surface area contributed by atoms with Gasteiger partial charge in [0.15, 0.2) is 0 Å². The number of para-hydroxylation sites is 2. The van der Waals surface area contributed by atoms with E-state index < -0.39 is 0 Å². The van der Waals surface area contributed by atoms with Crippen molar-refractivity contribution in [3.8, 4) is 23.0 Å². The van der Waals surface area contributed by atoms with Gasteiger partial charge in [0.25, 0.3) is 0 Å². The van der Waals surface area contributed by atoms with Crippen molar-refractivity contribution in [2.24, 2.45) is 0 Å². The lowest BCUT2D eigenvalue weighted by Crippen LogP contribution is -2.33. The lowest BCUT2D eigenvalue weighted by atomic mass is 9.89. The smallest absolute Gasteiger partial charge is 0.126 e. The number of ether oxygens (including phenoxy) is 8. The summed E-state index contributed by atoms with van der Waals surface area (Å²) < 4.78 is 51.3. The van der Waals surface area contributed by atoms with Crippen molar-refractivity contribution < 1.29 is 37.9 Å². The molecule has 8 bridgehead atoms. The zero-order valence-electron chi connectivity index (χ0n) is 44.1. The first-order valence-corrected chi connectivity index (χ1v) is 27.2. The number of nitrogens with zero attached hydrogens (tertiary/aromatic N) is 2. The highest BCUT2D eigenvalue weighted by molar-refractivity contribution is 5.57. The Morgan fingerprint density at radius 3 is 0.903 bits per heavy atom. The second-order valence-electron chi connectivity index (χ2n) is 18.7. The van der Waals surface area contributed by atoms with Crippen molar-refractivity contribution in [2.75, 3.05) is 158 Å². The molecule has 4 aromatic carbocycles. The van der Waals surface area contributed by atoms with Crippen LogP contribution in [0.5, 0.6) is 23.0 Å². The maximum atomic E-state index is 7.03. The van der Waals surface area contributed by atoms with Crippen LogP contribution in [0.3, 0.4) is 0 Å². The summed E-state index contributed by atoms with van der Waals surface area (Å²) in [7, 11) is 0. The second kappa shape index (κ2) is 31.4. The summed E-state index contributed by atoms with van der Waals surface area (Å²) in [6.45, 7) is 27.4. The Morgan fingerprint density at radius 2 is 0.611 bits per heavy atom. The van der Waals surface area contributed by atoms with Gasteiger partial charge < -0.3 is 59.2 Å². The fraction of sp³-hybridized carbons (Fsp3) is 0.586. The van der Waals surface area contributed by atoms with E-state index in [9.17, 15) is 0 Å². The van der Waals surface area contributed by atoms with Gasteiger partial charge in [-0.05, 0) is 83.3 Å². The minimum atomic E-state index is 0.426. The molecule has 0 atom stereocenters. The number of rotatable bonds is 24. The van der Waals surface area contributed by atoms with Crippen LogP contribution in [-0.2, 0) is 57.7 Å². The molecule has 0 amide bonds. The van der Waals surface area contributed by atoms with Crippen LogP contribution >= 0.6 is 0 Å². The topological polar surface area (TPSA) is 128 Å². The van der Waals surface area contributed by atoms with Gasteiger partial charge in [0.2, 0.25) is 0 Å². The summed E-state index contributed by atoms with van der Waals surface area (Å²) in [4.78, 5) is 5.13. The van der Waals surface area contributed by atoms with Crippen LogP contribution in [-0.4, -0.2) is 168 Å². The first-order chi connectivity index (χ1) is 35.6. The molecule has 0 spiro atoms. The van der Waals surface area contributed by atoms with Gasteiger partial charge in [-0.2, -0.15) is 0 Å². The lowest BCUT2D eigenvalue weighted by Gasteiger charge is -2.26. The predicted molar refractivity (Wildman–Crippen MR) is 287 cm³/mol. The van der Waals surface area contributed by atoms with Crippen molar-refractivity contribution in [1.82, 2.24) is 31.1 Å². The molecule has 2 aliphatic heterocycles. The molecule has 14 nitrogen and oxygen atoms in total. The number of nitrogens with one attached hydrogen (secondary N) is 4. The molecular formula is C58H86N6O8.